The lowest BCUT2D eigenvalue weighted by molar-refractivity contribution is -0.123. The summed E-state index contributed by atoms with van der Waals surface area (Å²) in [4.78, 5) is 12.1. The van der Waals surface area contributed by atoms with E-state index in [1.165, 1.54) is 12.1 Å². The molecule has 1 amide bonds. The van der Waals surface area contributed by atoms with Crippen LogP contribution in [0.2, 0.25) is 0 Å². The largest absolute Gasteiger partial charge is 0.325 e. The van der Waals surface area contributed by atoms with Gasteiger partial charge in [0.1, 0.15) is 5.82 Å². The smallest absolute Gasteiger partial charge is 0.229 e. The predicted octanol–water partition coefficient (Wildman–Crippen LogP) is 4.48. The fourth-order valence-electron chi connectivity index (χ4n) is 1.80. The van der Waals surface area contributed by atoms with Crippen molar-refractivity contribution in [3.8, 4) is 11.1 Å². The van der Waals surface area contributed by atoms with Gasteiger partial charge in [-0.3, -0.25) is 4.79 Å². The zero-order valence-electron chi connectivity index (χ0n) is 11.9. The van der Waals surface area contributed by atoms with E-state index in [1.54, 1.807) is 6.07 Å². The fourth-order valence-corrected chi connectivity index (χ4v) is 1.80. The number of hydrogen-bond donors (Lipinski definition) is 1. The van der Waals surface area contributed by atoms with Crippen LogP contribution in [0, 0.1) is 11.2 Å². The summed E-state index contributed by atoms with van der Waals surface area (Å²) in [6.45, 7) is 5.47. The molecule has 0 fully saturated rings. The number of amides is 1. The minimum atomic E-state index is -0.528. The molecule has 20 heavy (non-hydrogen) atoms. The van der Waals surface area contributed by atoms with Gasteiger partial charge < -0.3 is 5.32 Å². The first-order chi connectivity index (χ1) is 9.38. The molecule has 0 aliphatic heterocycles. The van der Waals surface area contributed by atoms with Gasteiger partial charge in [0.05, 0.1) is 5.69 Å². The van der Waals surface area contributed by atoms with E-state index >= 15 is 0 Å². The van der Waals surface area contributed by atoms with E-state index in [1.807, 2.05) is 51.1 Å². The predicted molar refractivity (Wildman–Crippen MR) is 79.9 cm³/mol. The summed E-state index contributed by atoms with van der Waals surface area (Å²) in [5.74, 6) is -0.505. The normalized spacial score (nSPS) is 11.2. The minimum Gasteiger partial charge on any atom is -0.325 e. The van der Waals surface area contributed by atoms with Gasteiger partial charge in [0.15, 0.2) is 0 Å². The molecule has 104 valence electrons. The van der Waals surface area contributed by atoms with Crippen LogP contribution in [-0.4, -0.2) is 5.91 Å². The van der Waals surface area contributed by atoms with Crippen LogP contribution in [0.3, 0.4) is 0 Å². The number of nitrogens with one attached hydrogen (secondary N) is 1. The molecule has 0 unspecified atom stereocenters. The summed E-state index contributed by atoms with van der Waals surface area (Å²) in [6.07, 6.45) is 0. The van der Waals surface area contributed by atoms with Gasteiger partial charge in [-0.2, -0.15) is 0 Å². The second-order valence-corrected chi connectivity index (χ2v) is 5.76. The van der Waals surface area contributed by atoms with Crippen molar-refractivity contribution in [1.29, 1.82) is 0 Å². The van der Waals surface area contributed by atoms with Crippen molar-refractivity contribution in [2.45, 2.75) is 20.8 Å². The number of halogens is 1. The summed E-state index contributed by atoms with van der Waals surface area (Å²) >= 11 is 0. The van der Waals surface area contributed by atoms with E-state index in [2.05, 4.69) is 5.32 Å². The van der Waals surface area contributed by atoms with Gasteiger partial charge in [-0.1, -0.05) is 51.1 Å². The Hall–Kier alpha value is -2.16. The molecule has 1 N–H and O–H groups in total. The third-order valence-electron chi connectivity index (χ3n) is 3.00. The highest BCUT2D eigenvalue weighted by atomic mass is 19.1. The number of carbonyl (C=O) groups is 1. The topological polar surface area (TPSA) is 29.1 Å². The SMILES string of the molecule is CC(C)(C)C(=O)Nc1cc(F)ccc1-c1ccccc1. The highest BCUT2D eigenvalue weighted by molar-refractivity contribution is 5.98. The maximum atomic E-state index is 13.5. The van der Waals surface area contributed by atoms with Gasteiger partial charge in [0.2, 0.25) is 5.91 Å². The number of anilines is 1. The lowest BCUT2D eigenvalue weighted by Crippen LogP contribution is -2.27. The number of benzene rings is 2. The molecule has 0 aliphatic carbocycles. The third kappa shape index (κ3) is 3.23. The van der Waals surface area contributed by atoms with Crippen LogP contribution in [0.15, 0.2) is 48.5 Å². The Morgan fingerprint density at radius 2 is 1.70 bits per heavy atom. The fraction of sp³-hybridized carbons (Fsp3) is 0.235. The van der Waals surface area contributed by atoms with Gasteiger partial charge in [-0.15, -0.1) is 0 Å². The first kappa shape index (κ1) is 14.3. The summed E-state index contributed by atoms with van der Waals surface area (Å²) < 4.78 is 13.5. The summed E-state index contributed by atoms with van der Waals surface area (Å²) in [5.41, 5.74) is 1.72. The lowest BCUT2D eigenvalue weighted by atomic mass is 9.95. The molecule has 0 atom stereocenters. The molecule has 2 aromatic rings. The molecule has 2 aromatic carbocycles. The van der Waals surface area contributed by atoms with E-state index in [-0.39, 0.29) is 11.7 Å². The first-order valence-electron chi connectivity index (χ1n) is 6.54. The van der Waals surface area contributed by atoms with Crippen LogP contribution in [0.4, 0.5) is 10.1 Å². The third-order valence-corrected chi connectivity index (χ3v) is 3.00. The summed E-state index contributed by atoms with van der Waals surface area (Å²) in [7, 11) is 0. The molecular weight excluding hydrogens is 253 g/mol. The zero-order valence-corrected chi connectivity index (χ0v) is 11.9. The Morgan fingerprint density at radius 1 is 1.05 bits per heavy atom. The summed E-state index contributed by atoms with van der Waals surface area (Å²) in [6, 6.07) is 14.0. The van der Waals surface area contributed by atoms with Crippen LogP contribution in [-0.2, 0) is 4.79 Å². The van der Waals surface area contributed by atoms with Crippen molar-refractivity contribution in [2.75, 3.05) is 5.32 Å². The van der Waals surface area contributed by atoms with E-state index in [0.29, 0.717) is 5.69 Å². The van der Waals surface area contributed by atoms with Gasteiger partial charge in [0.25, 0.3) is 0 Å². The van der Waals surface area contributed by atoms with E-state index < -0.39 is 5.41 Å². The molecule has 0 saturated heterocycles. The van der Waals surface area contributed by atoms with E-state index in [9.17, 15) is 9.18 Å². The van der Waals surface area contributed by atoms with Gasteiger partial charge in [0, 0.05) is 11.0 Å². The standard InChI is InChI=1S/C17H18FNO/c1-17(2,3)16(20)19-15-11-13(18)9-10-14(15)12-7-5-4-6-8-12/h4-11H,1-3H3,(H,19,20). The molecule has 0 aromatic heterocycles. The van der Waals surface area contributed by atoms with E-state index in [0.717, 1.165) is 11.1 Å². The van der Waals surface area contributed by atoms with Crippen LogP contribution in [0.5, 0.6) is 0 Å². The minimum absolute atomic E-state index is 0.139. The highest BCUT2D eigenvalue weighted by Gasteiger charge is 2.22. The second kappa shape index (κ2) is 5.45. The Labute approximate surface area is 118 Å². The Kier molecular flexibility index (Phi) is 3.89. The molecule has 0 spiro atoms. The van der Waals surface area contributed by atoms with Crippen molar-refractivity contribution in [3.63, 3.8) is 0 Å². The average Bonchev–Trinajstić information content (AvgIpc) is 2.39. The molecular formula is C17H18FNO. The molecule has 0 bridgehead atoms. The molecule has 0 saturated carbocycles. The van der Waals surface area contributed by atoms with Crippen molar-refractivity contribution in [1.82, 2.24) is 0 Å². The Bertz CT molecular complexity index is 615. The van der Waals surface area contributed by atoms with Crippen LogP contribution in [0.1, 0.15) is 20.8 Å². The van der Waals surface area contributed by atoms with Crippen LogP contribution < -0.4 is 5.32 Å². The van der Waals surface area contributed by atoms with Crippen LogP contribution in [0.25, 0.3) is 11.1 Å². The molecule has 2 nitrogen and oxygen atoms in total. The van der Waals surface area contributed by atoms with Crippen LogP contribution >= 0.6 is 0 Å². The van der Waals surface area contributed by atoms with Gasteiger partial charge in [-0.05, 0) is 23.8 Å². The molecule has 0 heterocycles. The van der Waals surface area contributed by atoms with Crippen molar-refractivity contribution in [3.05, 3.63) is 54.3 Å². The van der Waals surface area contributed by atoms with Gasteiger partial charge >= 0.3 is 0 Å². The number of rotatable bonds is 2. The molecule has 0 radical (unpaired) electrons. The maximum Gasteiger partial charge on any atom is 0.229 e. The molecule has 2 rings (SSSR count). The number of carbonyl (C=O) groups excluding carboxylic acids is 1. The van der Waals surface area contributed by atoms with Crippen molar-refractivity contribution < 1.29 is 9.18 Å². The van der Waals surface area contributed by atoms with E-state index in [4.69, 9.17) is 0 Å². The lowest BCUT2D eigenvalue weighted by Gasteiger charge is -2.19. The molecule has 0 aliphatic rings. The quantitative estimate of drug-likeness (QED) is 0.857. The second-order valence-electron chi connectivity index (χ2n) is 5.76. The maximum absolute atomic E-state index is 13.5. The first-order valence-corrected chi connectivity index (χ1v) is 6.54. The monoisotopic (exact) mass is 271 g/mol. The number of hydrogen-bond acceptors (Lipinski definition) is 1. The van der Waals surface area contributed by atoms with Crippen molar-refractivity contribution >= 4 is 11.6 Å². The Balaban J connectivity index is 2.42. The molecule has 3 heteroatoms. The Morgan fingerprint density at radius 3 is 2.30 bits per heavy atom. The highest BCUT2D eigenvalue weighted by Crippen LogP contribution is 2.30. The van der Waals surface area contributed by atoms with Gasteiger partial charge in [-0.25, -0.2) is 4.39 Å². The zero-order chi connectivity index (χ0) is 14.8. The van der Waals surface area contributed by atoms with Crippen molar-refractivity contribution in [2.24, 2.45) is 5.41 Å². The summed E-state index contributed by atoms with van der Waals surface area (Å²) in [5, 5.41) is 2.81. The average molecular weight is 271 g/mol.